The van der Waals surface area contributed by atoms with Crippen LogP contribution in [0.25, 0.3) is 0 Å². The fourth-order valence-corrected chi connectivity index (χ4v) is 4.37. The van der Waals surface area contributed by atoms with Gasteiger partial charge in [-0.25, -0.2) is 5.01 Å². The third-order valence-electron chi connectivity index (χ3n) is 5.44. The van der Waals surface area contributed by atoms with E-state index in [4.69, 9.17) is 0 Å². The summed E-state index contributed by atoms with van der Waals surface area (Å²) in [6, 6.07) is 0. The van der Waals surface area contributed by atoms with Crippen molar-refractivity contribution in [3.05, 3.63) is 0 Å². The standard InChI is InChI=1S/C18H38N4/c1-4-12-19-18(20-13-5-2)17-10-8-7-9-16(17)11-15-22(18)21-14-6-3/h16-17,19-21H,4-15H2,1-3H3. The fourth-order valence-electron chi connectivity index (χ4n) is 4.37. The number of piperidine rings is 1. The molecule has 3 N–H and O–H groups in total. The molecule has 0 radical (unpaired) electrons. The number of hydrogen-bond acceptors (Lipinski definition) is 4. The quantitative estimate of drug-likeness (QED) is 0.572. The second-order valence-electron chi connectivity index (χ2n) is 7.12. The Morgan fingerprint density at radius 2 is 1.50 bits per heavy atom. The molecule has 1 saturated heterocycles. The lowest BCUT2D eigenvalue weighted by molar-refractivity contribution is -0.126. The Morgan fingerprint density at radius 3 is 2.14 bits per heavy atom. The van der Waals surface area contributed by atoms with Gasteiger partial charge < -0.3 is 0 Å². The summed E-state index contributed by atoms with van der Waals surface area (Å²) in [7, 11) is 0. The SMILES string of the molecule is CCCNN1CCC2CCCCC2C1(NCCC)NCCC. The summed E-state index contributed by atoms with van der Waals surface area (Å²) in [5.74, 6) is 1.59. The van der Waals surface area contributed by atoms with Crippen LogP contribution in [0.5, 0.6) is 0 Å². The minimum Gasteiger partial charge on any atom is -0.286 e. The number of fused-ring (bicyclic) bond motifs is 1. The van der Waals surface area contributed by atoms with Gasteiger partial charge in [0.15, 0.2) is 0 Å². The van der Waals surface area contributed by atoms with E-state index in [-0.39, 0.29) is 5.79 Å². The van der Waals surface area contributed by atoms with E-state index in [0.29, 0.717) is 0 Å². The average molecular weight is 311 g/mol. The van der Waals surface area contributed by atoms with E-state index in [9.17, 15) is 0 Å². The zero-order chi connectivity index (χ0) is 15.8. The summed E-state index contributed by atoms with van der Waals surface area (Å²) in [6.45, 7) is 11.2. The number of hydrogen-bond donors (Lipinski definition) is 3. The highest BCUT2D eigenvalue weighted by Crippen LogP contribution is 2.42. The van der Waals surface area contributed by atoms with Crippen molar-refractivity contribution in [2.45, 2.75) is 77.9 Å². The molecule has 0 aromatic rings. The van der Waals surface area contributed by atoms with Crippen LogP contribution in [0.2, 0.25) is 0 Å². The lowest BCUT2D eigenvalue weighted by Gasteiger charge is -2.57. The van der Waals surface area contributed by atoms with Gasteiger partial charge in [-0.1, -0.05) is 33.6 Å². The Morgan fingerprint density at radius 1 is 0.864 bits per heavy atom. The lowest BCUT2D eigenvalue weighted by Crippen LogP contribution is -2.78. The molecule has 0 amide bonds. The van der Waals surface area contributed by atoms with Crippen molar-refractivity contribution in [2.24, 2.45) is 11.8 Å². The molecule has 0 aromatic heterocycles. The molecule has 2 rings (SSSR count). The van der Waals surface area contributed by atoms with Crippen molar-refractivity contribution in [2.75, 3.05) is 26.2 Å². The van der Waals surface area contributed by atoms with Crippen molar-refractivity contribution in [1.82, 2.24) is 21.1 Å². The minimum atomic E-state index is -0.0372. The van der Waals surface area contributed by atoms with Gasteiger partial charge >= 0.3 is 0 Å². The predicted molar refractivity (Wildman–Crippen MR) is 94.4 cm³/mol. The maximum absolute atomic E-state index is 3.93. The molecule has 0 bridgehead atoms. The van der Waals surface area contributed by atoms with Gasteiger partial charge in [0, 0.05) is 19.0 Å². The highest BCUT2D eigenvalue weighted by atomic mass is 15.6. The van der Waals surface area contributed by atoms with Crippen molar-refractivity contribution >= 4 is 0 Å². The number of rotatable bonds is 9. The van der Waals surface area contributed by atoms with Gasteiger partial charge in [0.05, 0.1) is 0 Å². The Hall–Kier alpha value is -0.160. The molecule has 22 heavy (non-hydrogen) atoms. The lowest BCUT2D eigenvalue weighted by atomic mass is 9.71. The third kappa shape index (κ3) is 4.02. The molecule has 1 heterocycles. The van der Waals surface area contributed by atoms with Crippen LogP contribution in [0, 0.1) is 11.8 Å². The summed E-state index contributed by atoms with van der Waals surface area (Å²) >= 11 is 0. The monoisotopic (exact) mass is 310 g/mol. The number of hydrazine groups is 1. The molecule has 1 aliphatic carbocycles. The molecule has 2 atom stereocenters. The summed E-state index contributed by atoms with van der Waals surface area (Å²) in [6.07, 6.45) is 10.5. The van der Waals surface area contributed by atoms with E-state index in [0.717, 1.165) is 38.0 Å². The van der Waals surface area contributed by atoms with E-state index in [1.54, 1.807) is 0 Å². The van der Waals surface area contributed by atoms with Crippen LogP contribution in [0.1, 0.15) is 72.1 Å². The van der Waals surface area contributed by atoms with E-state index >= 15 is 0 Å². The van der Waals surface area contributed by atoms with Gasteiger partial charge in [-0.2, -0.15) is 0 Å². The first kappa shape index (κ1) is 18.2. The topological polar surface area (TPSA) is 39.3 Å². The van der Waals surface area contributed by atoms with Crippen LogP contribution >= 0.6 is 0 Å². The molecular formula is C18H38N4. The normalized spacial score (nSPS) is 28.5. The van der Waals surface area contributed by atoms with E-state index in [2.05, 4.69) is 41.8 Å². The highest BCUT2D eigenvalue weighted by molar-refractivity contribution is 4.99. The maximum atomic E-state index is 3.93. The smallest absolute Gasteiger partial charge is 0.141 e. The molecule has 2 aliphatic rings. The number of nitrogens with zero attached hydrogens (tertiary/aromatic N) is 1. The van der Waals surface area contributed by atoms with Crippen LogP contribution < -0.4 is 16.1 Å². The zero-order valence-corrected chi connectivity index (χ0v) is 15.1. The minimum absolute atomic E-state index is 0.0372. The van der Waals surface area contributed by atoms with Crippen molar-refractivity contribution in [3.63, 3.8) is 0 Å². The highest BCUT2D eigenvalue weighted by Gasteiger charge is 2.50. The average Bonchev–Trinajstić information content (AvgIpc) is 2.57. The van der Waals surface area contributed by atoms with Crippen molar-refractivity contribution in [3.8, 4) is 0 Å². The second kappa shape index (κ2) is 9.21. The largest absolute Gasteiger partial charge is 0.286 e. The van der Waals surface area contributed by atoms with E-state index in [1.807, 2.05) is 0 Å². The van der Waals surface area contributed by atoms with Crippen molar-refractivity contribution < 1.29 is 0 Å². The predicted octanol–water partition coefficient (Wildman–Crippen LogP) is 3.07. The van der Waals surface area contributed by atoms with Crippen LogP contribution in [0.15, 0.2) is 0 Å². The van der Waals surface area contributed by atoms with Gasteiger partial charge in [0.2, 0.25) is 0 Å². The van der Waals surface area contributed by atoms with Crippen LogP contribution in [0.3, 0.4) is 0 Å². The molecule has 4 nitrogen and oxygen atoms in total. The molecule has 1 saturated carbocycles. The molecule has 4 heteroatoms. The molecule has 2 fully saturated rings. The Bertz CT molecular complexity index is 299. The Balaban J connectivity index is 2.21. The molecule has 0 spiro atoms. The molecular weight excluding hydrogens is 272 g/mol. The van der Waals surface area contributed by atoms with Gasteiger partial charge in [-0.15, -0.1) is 0 Å². The molecule has 130 valence electrons. The fraction of sp³-hybridized carbons (Fsp3) is 1.00. The summed E-state index contributed by atoms with van der Waals surface area (Å²) in [5, 5.41) is 10.4. The maximum Gasteiger partial charge on any atom is 0.141 e. The first-order valence-corrected chi connectivity index (χ1v) is 9.79. The van der Waals surface area contributed by atoms with Gasteiger partial charge in [0.1, 0.15) is 5.79 Å². The number of nitrogens with one attached hydrogen (secondary N) is 3. The van der Waals surface area contributed by atoms with Gasteiger partial charge in [-0.3, -0.25) is 16.1 Å². The van der Waals surface area contributed by atoms with Gasteiger partial charge in [0.25, 0.3) is 0 Å². The summed E-state index contributed by atoms with van der Waals surface area (Å²) < 4.78 is 0. The second-order valence-corrected chi connectivity index (χ2v) is 7.12. The Labute approximate surface area is 137 Å². The molecule has 2 unspecified atom stereocenters. The summed E-state index contributed by atoms with van der Waals surface area (Å²) in [4.78, 5) is 0. The van der Waals surface area contributed by atoms with Crippen LogP contribution in [-0.2, 0) is 0 Å². The van der Waals surface area contributed by atoms with Gasteiger partial charge in [-0.05, 0) is 57.5 Å². The zero-order valence-electron chi connectivity index (χ0n) is 15.1. The molecule has 1 aliphatic heterocycles. The van der Waals surface area contributed by atoms with E-state index in [1.165, 1.54) is 51.4 Å². The first-order chi connectivity index (χ1) is 10.8. The summed E-state index contributed by atoms with van der Waals surface area (Å²) in [5.41, 5.74) is 3.72. The Kier molecular flexibility index (Phi) is 7.61. The first-order valence-electron chi connectivity index (χ1n) is 9.79. The third-order valence-corrected chi connectivity index (χ3v) is 5.44. The van der Waals surface area contributed by atoms with E-state index < -0.39 is 0 Å². The van der Waals surface area contributed by atoms with Crippen molar-refractivity contribution in [1.29, 1.82) is 0 Å². The van der Waals surface area contributed by atoms with Crippen LogP contribution in [-0.4, -0.2) is 37.0 Å². The van der Waals surface area contributed by atoms with Crippen LogP contribution in [0.4, 0.5) is 0 Å². The molecule has 0 aromatic carbocycles.